The van der Waals surface area contributed by atoms with Crippen molar-refractivity contribution in [3.63, 3.8) is 0 Å². The standard InChI is InChI=1S/C15H28O5S/c1-6-11(3)12-8-9-15(17,14(12,4)7-2)13(16)10-20-21(5,18)19/h11-12,17H,6-10H2,1-5H3. The Morgan fingerprint density at radius 3 is 2.43 bits per heavy atom. The maximum Gasteiger partial charge on any atom is 0.264 e. The van der Waals surface area contributed by atoms with E-state index in [0.717, 1.165) is 19.1 Å². The molecule has 21 heavy (non-hydrogen) atoms. The molecular formula is C15H28O5S. The van der Waals surface area contributed by atoms with Crippen molar-refractivity contribution in [2.24, 2.45) is 17.3 Å². The van der Waals surface area contributed by atoms with Gasteiger partial charge in [0.2, 0.25) is 0 Å². The highest BCUT2D eigenvalue weighted by molar-refractivity contribution is 7.86. The molecule has 1 saturated carbocycles. The summed E-state index contributed by atoms with van der Waals surface area (Å²) >= 11 is 0. The van der Waals surface area contributed by atoms with Crippen molar-refractivity contribution in [2.45, 2.75) is 59.0 Å². The molecule has 1 fully saturated rings. The van der Waals surface area contributed by atoms with Gasteiger partial charge in [0.1, 0.15) is 12.2 Å². The van der Waals surface area contributed by atoms with Crippen molar-refractivity contribution >= 4 is 15.9 Å². The summed E-state index contributed by atoms with van der Waals surface area (Å²) in [5, 5.41) is 11.0. The molecule has 0 saturated heterocycles. The first-order valence-corrected chi connectivity index (χ1v) is 9.43. The fourth-order valence-corrected chi connectivity index (χ4v) is 4.09. The van der Waals surface area contributed by atoms with Crippen LogP contribution in [0.4, 0.5) is 0 Å². The molecule has 0 heterocycles. The lowest BCUT2D eigenvalue weighted by Gasteiger charge is -2.43. The number of carbonyl (C=O) groups is 1. The first kappa shape index (κ1) is 18.6. The third-order valence-electron chi connectivity index (χ3n) is 5.51. The van der Waals surface area contributed by atoms with Gasteiger partial charge in [-0.1, -0.05) is 34.1 Å². The fraction of sp³-hybridized carbons (Fsp3) is 0.933. The molecule has 4 atom stereocenters. The lowest BCUT2D eigenvalue weighted by atomic mass is 9.64. The van der Waals surface area contributed by atoms with Gasteiger partial charge in [-0.15, -0.1) is 0 Å². The maximum atomic E-state index is 12.4. The third kappa shape index (κ3) is 3.48. The van der Waals surface area contributed by atoms with E-state index in [1.54, 1.807) is 0 Å². The summed E-state index contributed by atoms with van der Waals surface area (Å²) in [6.45, 7) is 7.57. The molecule has 1 aliphatic carbocycles. The van der Waals surface area contributed by atoms with E-state index in [-0.39, 0.29) is 5.92 Å². The van der Waals surface area contributed by atoms with Crippen LogP contribution in [0.15, 0.2) is 0 Å². The first-order chi connectivity index (χ1) is 9.52. The number of aliphatic hydroxyl groups is 1. The second-order valence-corrected chi connectivity index (χ2v) is 8.20. The van der Waals surface area contributed by atoms with Crippen molar-refractivity contribution in [1.29, 1.82) is 0 Å². The van der Waals surface area contributed by atoms with Crippen LogP contribution >= 0.6 is 0 Å². The summed E-state index contributed by atoms with van der Waals surface area (Å²) in [5.41, 5.74) is -2.04. The Labute approximate surface area is 128 Å². The molecule has 0 spiro atoms. The van der Waals surface area contributed by atoms with Crippen LogP contribution in [0.5, 0.6) is 0 Å². The zero-order valence-electron chi connectivity index (χ0n) is 13.7. The normalized spacial score (nSPS) is 34.9. The van der Waals surface area contributed by atoms with E-state index >= 15 is 0 Å². The largest absolute Gasteiger partial charge is 0.381 e. The molecule has 0 bridgehead atoms. The lowest BCUT2D eigenvalue weighted by Crippen LogP contribution is -2.53. The summed E-state index contributed by atoms with van der Waals surface area (Å²) in [6.07, 6.45) is 3.71. The number of carbonyl (C=O) groups excluding carboxylic acids is 1. The molecule has 0 aromatic rings. The van der Waals surface area contributed by atoms with E-state index in [1.807, 2.05) is 13.8 Å². The molecule has 0 amide bonds. The van der Waals surface area contributed by atoms with Gasteiger partial charge in [0.05, 0.1) is 6.26 Å². The van der Waals surface area contributed by atoms with Crippen LogP contribution in [-0.4, -0.2) is 37.8 Å². The van der Waals surface area contributed by atoms with Crippen LogP contribution in [0.3, 0.4) is 0 Å². The number of ketones is 1. The Morgan fingerprint density at radius 2 is 2.00 bits per heavy atom. The van der Waals surface area contributed by atoms with Crippen LogP contribution in [0.2, 0.25) is 0 Å². The van der Waals surface area contributed by atoms with Gasteiger partial charge in [-0.3, -0.25) is 8.98 Å². The van der Waals surface area contributed by atoms with Crippen molar-refractivity contribution in [3.8, 4) is 0 Å². The zero-order valence-corrected chi connectivity index (χ0v) is 14.5. The van der Waals surface area contributed by atoms with Gasteiger partial charge in [-0.25, -0.2) is 0 Å². The monoisotopic (exact) mass is 320 g/mol. The van der Waals surface area contributed by atoms with Crippen molar-refractivity contribution in [3.05, 3.63) is 0 Å². The Kier molecular flexibility index (Phi) is 5.61. The summed E-state index contributed by atoms with van der Waals surface area (Å²) in [6, 6.07) is 0. The Balaban J connectivity index is 3.01. The molecule has 1 aliphatic rings. The molecule has 0 aromatic heterocycles. The van der Waals surface area contributed by atoms with Crippen LogP contribution < -0.4 is 0 Å². The minimum absolute atomic E-state index is 0.250. The number of hydrogen-bond donors (Lipinski definition) is 1. The van der Waals surface area contributed by atoms with E-state index in [4.69, 9.17) is 0 Å². The smallest absolute Gasteiger partial charge is 0.264 e. The molecule has 0 aliphatic heterocycles. The van der Waals surface area contributed by atoms with Gasteiger partial charge in [0.15, 0.2) is 5.78 Å². The van der Waals surface area contributed by atoms with Gasteiger partial charge in [0, 0.05) is 5.41 Å². The highest BCUT2D eigenvalue weighted by atomic mass is 32.2. The molecule has 1 N–H and O–H groups in total. The minimum Gasteiger partial charge on any atom is -0.381 e. The van der Waals surface area contributed by atoms with E-state index in [1.165, 1.54) is 0 Å². The molecule has 1 rings (SSSR count). The summed E-state index contributed by atoms with van der Waals surface area (Å²) in [7, 11) is -3.69. The highest BCUT2D eigenvalue weighted by Crippen LogP contribution is 2.56. The minimum atomic E-state index is -3.69. The highest BCUT2D eigenvalue weighted by Gasteiger charge is 2.60. The summed E-state index contributed by atoms with van der Waals surface area (Å²) in [4.78, 5) is 12.4. The number of hydrogen-bond acceptors (Lipinski definition) is 5. The SMILES string of the molecule is CCC(C)C1CCC(O)(C(=O)COS(C)(=O)=O)C1(C)CC. The summed E-state index contributed by atoms with van der Waals surface area (Å²) < 4.78 is 26.7. The average molecular weight is 320 g/mol. The van der Waals surface area contributed by atoms with E-state index in [2.05, 4.69) is 18.0 Å². The van der Waals surface area contributed by atoms with Crippen molar-refractivity contribution < 1.29 is 22.5 Å². The quantitative estimate of drug-likeness (QED) is 0.727. The third-order valence-corrected chi connectivity index (χ3v) is 6.06. The second kappa shape index (κ2) is 6.34. The topological polar surface area (TPSA) is 80.7 Å². The first-order valence-electron chi connectivity index (χ1n) is 7.62. The van der Waals surface area contributed by atoms with Gasteiger partial charge in [-0.2, -0.15) is 8.42 Å². The van der Waals surface area contributed by atoms with E-state index in [9.17, 15) is 18.3 Å². The van der Waals surface area contributed by atoms with Crippen molar-refractivity contribution in [1.82, 2.24) is 0 Å². The predicted octanol–water partition coefficient (Wildman–Crippen LogP) is 2.14. The van der Waals surface area contributed by atoms with Gasteiger partial charge < -0.3 is 5.11 Å². The summed E-state index contributed by atoms with van der Waals surface area (Å²) in [5.74, 6) is 0.135. The van der Waals surface area contributed by atoms with Gasteiger partial charge >= 0.3 is 0 Å². The van der Waals surface area contributed by atoms with E-state index < -0.39 is 33.5 Å². The zero-order chi connectivity index (χ0) is 16.5. The second-order valence-electron chi connectivity index (χ2n) is 6.55. The lowest BCUT2D eigenvalue weighted by molar-refractivity contribution is -0.154. The average Bonchev–Trinajstić information content (AvgIpc) is 2.68. The molecule has 4 unspecified atom stereocenters. The van der Waals surface area contributed by atoms with Crippen LogP contribution in [0.25, 0.3) is 0 Å². The van der Waals surface area contributed by atoms with Crippen LogP contribution in [0.1, 0.15) is 53.4 Å². The van der Waals surface area contributed by atoms with Crippen LogP contribution in [0, 0.1) is 17.3 Å². The van der Waals surface area contributed by atoms with E-state index in [0.29, 0.717) is 18.8 Å². The maximum absolute atomic E-state index is 12.4. The van der Waals surface area contributed by atoms with Gasteiger partial charge in [-0.05, 0) is 31.1 Å². The number of rotatable bonds is 7. The molecule has 5 nitrogen and oxygen atoms in total. The molecule has 0 radical (unpaired) electrons. The predicted molar refractivity (Wildman–Crippen MR) is 81.3 cm³/mol. The van der Waals surface area contributed by atoms with Gasteiger partial charge in [0.25, 0.3) is 10.1 Å². The molecule has 124 valence electrons. The Bertz CT molecular complexity index is 486. The number of Topliss-reactive ketones (excluding diaryl/α,β-unsaturated/α-hetero) is 1. The molecular weight excluding hydrogens is 292 g/mol. The molecule has 6 heteroatoms. The van der Waals surface area contributed by atoms with Crippen molar-refractivity contribution in [2.75, 3.05) is 12.9 Å². The Hall–Kier alpha value is -0.460. The Morgan fingerprint density at radius 1 is 1.43 bits per heavy atom. The van der Waals surface area contributed by atoms with Crippen LogP contribution in [-0.2, 0) is 19.1 Å². The molecule has 0 aromatic carbocycles. The fourth-order valence-electron chi connectivity index (χ4n) is 3.76.